The highest BCUT2D eigenvalue weighted by Gasteiger charge is 2.38. The van der Waals surface area contributed by atoms with E-state index in [-0.39, 0.29) is 17.3 Å². The number of amides is 1. The Balaban J connectivity index is 2.67. The van der Waals surface area contributed by atoms with Crippen LogP contribution < -0.4 is 11.1 Å². The zero-order valence-corrected chi connectivity index (χ0v) is 8.09. The van der Waals surface area contributed by atoms with Crippen LogP contribution in [0.25, 0.3) is 0 Å². The topological polar surface area (TPSA) is 75.4 Å². The maximum Gasteiger partial charge on any atom is 0.234 e. The molecule has 4 heteroatoms. The largest absolute Gasteiger partial charge is 0.506 e. The van der Waals surface area contributed by atoms with E-state index in [1.807, 2.05) is 13.8 Å². The first kappa shape index (κ1) is 8.87. The minimum absolute atomic E-state index is 0.0216. The Hall–Kier alpha value is -1.71. The van der Waals surface area contributed by atoms with Gasteiger partial charge in [-0.3, -0.25) is 4.79 Å². The highest BCUT2D eigenvalue weighted by molar-refractivity contribution is 6.06. The fourth-order valence-corrected chi connectivity index (χ4v) is 1.63. The summed E-state index contributed by atoms with van der Waals surface area (Å²) >= 11 is 0. The number of carbonyl (C=O) groups excluding carboxylic acids is 1. The average Bonchev–Trinajstić information content (AvgIpc) is 2.28. The van der Waals surface area contributed by atoms with E-state index in [2.05, 4.69) is 5.32 Å². The van der Waals surface area contributed by atoms with E-state index in [9.17, 15) is 9.90 Å². The van der Waals surface area contributed by atoms with Crippen molar-refractivity contribution >= 4 is 17.3 Å². The van der Waals surface area contributed by atoms with Crippen molar-refractivity contribution in [1.29, 1.82) is 0 Å². The molecule has 2 rings (SSSR count). The fourth-order valence-electron chi connectivity index (χ4n) is 1.63. The molecule has 4 N–H and O–H groups in total. The van der Waals surface area contributed by atoms with Crippen LogP contribution in [0.2, 0.25) is 0 Å². The highest BCUT2D eigenvalue weighted by Crippen LogP contribution is 2.41. The second kappa shape index (κ2) is 2.41. The fraction of sp³-hybridized carbons (Fsp3) is 0.300. The summed E-state index contributed by atoms with van der Waals surface area (Å²) in [5.41, 5.74) is 6.68. The lowest BCUT2D eigenvalue weighted by Gasteiger charge is -2.15. The lowest BCUT2D eigenvalue weighted by Crippen LogP contribution is -2.26. The molecule has 1 amide bonds. The van der Waals surface area contributed by atoms with Gasteiger partial charge in [-0.2, -0.15) is 0 Å². The Kier molecular flexibility index (Phi) is 1.52. The second-order valence-corrected chi connectivity index (χ2v) is 4.04. The van der Waals surface area contributed by atoms with Gasteiger partial charge < -0.3 is 16.2 Å². The summed E-state index contributed by atoms with van der Waals surface area (Å²) in [6.07, 6.45) is 0. The highest BCUT2D eigenvalue weighted by atomic mass is 16.3. The molecule has 0 spiro atoms. The molecule has 0 aromatic heterocycles. The van der Waals surface area contributed by atoms with Crippen molar-refractivity contribution in [1.82, 2.24) is 0 Å². The van der Waals surface area contributed by atoms with Gasteiger partial charge in [0.2, 0.25) is 5.91 Å². The molecule has 0 radical (unpaired) electrons. The first-order valence-corrected chi connectivity index (χ1v) is 4.37. The van der Waals surface area contributed by atoms with Gasteiger partial charge in [-0.05, 0) is 31.5 Å². The number of benzene rings is 1. The van der Waals surface area contributed by atoms with Gasteiger partial charge in [-0.15, -0.1) is 0 Å². The molecule has 0 atom stereocenters. The Morgan fingerprint density at radius 1 is 1.43 bits per heavy atom. The van der Waals surface area contributed by atoms with Crippen molar-refractivity contribution in [2.45, 2.75) is 19.3 Å². The molecule has 4 nitrogen and oxygen atoms in total. The Morgan fingerprint density at radius 3 is 2.71 bits per heavy atom. The lowest BCUT2D eigenvalue weighted by atomic mass is 9.86. The molecule has 0 saturated carbocycles. The quantitative estimate of drug-likeness (QED) is 0.328. The molecular weight excluding hydrogens is 180 g/mol. The molecule has 14 heavy (non-hydrogen) atoms. The number of phenols is 1. The van der Waals surface area contributed by atoms with Crippen LogP contribution in [0.4, 0.5) is 11.4 Å². The van der Waals surface area contributed by atoms with Crippen molar-refractivity contribution < 1.29 is 9.90 Å². The lowest BCUT2D eigenvalue weighted by molar-refractivity contribution is -0.119. The maximum absolute atomic E-state index is 11.5. The van der Waals surface area contributed by atoms with Gasteiger partial charge in [0.1, 0.15) is 5.75 Å². The van der Waals surface area contributed by atoms with E-state index in [0.717, 1.165) is 5.56 Å². The molecular formula is C10H12N2O2. The monoisotopic (exact) mass is 192 g/mol. The third-order valence-electron chi connectivity index (χ3n) is 2.66. The van der Waals surface area contributed by atoms with E-state index in [1.54, 1.807) is 12.1 Å². The summed E-state index contributed by atoms with van der Waals surface area (Å²) in [5, 5.41) is 12.2. The Morgan fingerprint density at radius 2 is 2.07 bits per heavy atom. The third kappa shape index (κ3) is 0.968. The van der Waals surface area contributed by atoms with Gasteiger partial charge >= 0.3 is 0 Å². The second-order valence-electron chi connectivity index (χ2n) is 4.04. The van der Waals surface area contributed by atoms with E-state index >= 15 is 0 Å². The van der Waals surface area contributed by atoms with E-state index < -0.39 is 5.41 Å². The molecule has 0 unspecified atom stereocenters. The van der Waals surface area contributed by atoms with Gasteiger partial charge in [0.25, 0.3) is 0 Å². The molecule has 1 heterocycles. The first-order chi connectivity index (χ1) is 6.43. The van der Waals surface area contributed by atoms with Crippen LogP contribution in [-0.4, -0.2) is 11.0 Å². The first-order valence-electron chi connectivity index (χ1n) is 4.37. The number of fused-ring (bicyclic) bond motifs is 1. The summed E-state index contributed by atoms with van der Waals surface area (Å²) in [5.74, 6) is -0.0502. The number of anilines is 2. The van der Waals surface area contributed by atoms with Crippen molar-refractivity contribution in [3.8, 4) is 5.75 Å². The molecule has 0 saturated heterocycles. The van der Waals surface area contributed by atoms with Crippen LogP contribution in [0.15, 0.2) is 12.1 Å². The number of rotatable bonds is 0. The SMILES string of the molecule is CC1(C)C(=O)Nc2cc(N)c(O)cc21. The van der Waals surface area contributed by atoms with Gasteiger partial charge in [-0.25, -0.2) is 0 Å². The molecule has 74 valence electrons. The smallest absolute Gasteiger partial charge is 0.234 e. The molecule has 0 fully saturated rings. The van der Waals surface area contributed by atoms with Crippen LogP contribution in [0.3, 0.4) is 0 Å². The third-order valence-corrected chi connectivity index (χ3v) is 2.66. The number of nitrogens with one attached hydrogen (secondary N) is 1. The summed E-state index contributed by atoms with van der Waals surface area (Å²) in [4.78, 5) is 11.5. The minimum atomic E-state index is -0.597. The van der Waals surface area contributed by atoms with Crippen LogP contribution in [0.5, 0.6) is 5.75 Å². The van der Waals surface area contributed by atoms with E-state index in [4.69, 9.17) is 5.73 Å². The van der Waals surface area contributed by atoms with Crippen LogP contribution in [0.1, 0.15) is 19.4 Å². The summed E-state index contributed by atoms with van der Waals surface area (Å²) in [6, 6.07) is 3.12. The Bertz CT molecular complexity index is 424. The predicted octanol–water partition coefficient (Wildman–Crippen LogP) is 1.20. The molecule has 0 aliphatic carbocycles. The Labute approximate surface area is 81.7 Å². The zero-order valence-electron chi connectivity index (χ0n) is 8.09. The van der Waals surface area contributed by atoms with Crippen LogP contribution in [0, 0.1) is 0 Å². The van der Waals surface area contributed by atoms with Gasteiger partial charge in [-0.1, -0.05) is 0 Å². The number of carbonyl (C=O) groups is 1. The molecule has 1 aliphatic rings. The van der Waals surface area contributed by atoms with Crippen molar-refractivity contribution in [2.24, 2.45) is 0 Å². The van der Waals surface area contributed by atoms with Crippen molar-refractivity contribution in [3.63, 3.8) is 0 Å². The summed E-state index contributed by atoms with van der Waals surface area (Å²) in [7, 11) is 0. The molecule has 1 aliphatic heterocycles. The van der Waals surface area contributed by atoms with Crippen LogP contribution in [-0.2, 0) is 10.2 Å². The molecule has 1 aromatic carbocycles. The number of hydrogen-bond acceptors (Lipinski definition) is 3. The predicted molar refractivity (Wildman–Crippen MR) is 54.2 cm³/mol. The number of aromatic hydroxyl groups is 1. The van der Waals surface area contributed by atoms with Crippen molar-refractivity contribution in [3.05, 3.63) is 17.7 Å². The number of hydrogen-bond donors (Lipinski definition) is 3. The molecule has 0 bridgehead atoms. The van der Waals surface area contributed by atoms with E-state index in [0.29, 0.717) is 5.69 Å². The number of nitrogens with two attached hydrogens (primary N) is 1. The van der Waals surface area contributed by atoms with Gasteiger partial charge in [0.15, 0.2) is 0 Å². The summed E-state index contributed by atoms with van der Waals surface area (Å²) < 4.78 is 0. The number of phenolic OH excluding ortho intramolecular Hbond substituents is 1. The zero-order chi connectivity index (χ0) is 10.5. The standard InChI is InChI=1S/C10H12N2O2/c1-10(2)5-3-8(13)6(11)4-7(5)12-9(10)14/h3-4,13H,11H2,1-2H3,(H,12,14). The van der Waals surface area contributed by atoms with Gasteiger partial charge in [0.05, 0.1) is 11.1 Å². The molecule has 1 aromatic rings. The van der Waals surface area contributed by atoms with Gasteiger partial charge in [0, 0.05) is 5.69 Å². The van der Waals surface area contributed by atoms with E-state index in [1.165, 1.54) is 0 Å². The average molecular weight is 192 g/mol. The normalized spacial score (nSPS) is 17.7. The number of nitrogen functional groups attached to an aromatic ring is 1. The maximum atomic E-state index is 11.5. The minimum Gasteiger partial charge on any atom is -0.506 e. The van der Waals surface area contributed by atoms with Crippen LogP contribution >= 0.6 is 0 Å². The van der Waals surface area contributed by atoms with Crippen molar-refractivity contribution in [2.75, 3.05) is 11.1 Å². The summed E-state index contributed by atoms with van der Waals surface area (Å²) in [6.45, 7) is 3.62.